The van der Waals surface area contributed by atoms with Gasteiger partial charge in [-0.3, -0.25) is 9.59 Å². The highest BCUT2D eigenvalue weighted by atomic mass is 35.5. The molecule has 0 aliphatic carbocycles. The molecule has 5 nitrogen and oxygen atoms in total. The van der Waals surface area contributed by atoms with E-state index in [4.69, 9.17) is 27.9 Å². The zero-order valence-corrected chi connectivity index (χ0v) is 20.7. The Morgan fingerprint density at radius 1 is 1.03 bits per heavy atom. The molecule has 0 saturated carbocycles. The Bertz CT molecular complexity index is 901. The van der Waals surface area contributed by atoms with Crippen LogP contribution < -0.4 is 10.1 Å². The number of ether oxygens (including phenoxy) is 1. The summed E-state index contributed by atoms with van der Waals surface area (Å²) in [5, 5.41) is 3.74. The Labute approximate surface area is 201 Å². The molecule has 174 valence electrons. The summed E-state index contributed by atoms with van der Waals surface area (Å²) < 4.78 is 5.75. The van der Waals surface area contributed by atoms with Crippen molar-refractivity contribution < 1.29 is 14.3 Å². The van der Waals surface area contributed by atoms with E-state index in [-0.39, 0.29) is 25.0 Å². The van der Waals surface area contributed by atoms with Crippen LogP contribution in [0, 0.1) is 0 Å². The molecule has 0 radical (unpaired) electrons. The fourth-order valence-electron chi connectivity index (χ4n) is 3.30. The summed E-state index contributed by atoms with van der Waals surface area (Å²) in [7, 11) is 0. The maximum absolute atomic E-state index is 13.2. The quantitative estimate of drug-likeness (QED) is 0.441. The predicted molar refractivity (Wildman–Crippen MR) is 130 cm³/mol. The van der Waals surface area contributed by atoms with Crippen molar-refractivity contribution in [3.8, 4) is 5.75 Å². The first-order chi connectivity index (χ1) is 15.3. The second-order valence-electron chi connectivity index (χ2n) is 8.00. The van der Waals surface area contributed by atoms with Crippen molar-refractivity contribution in [2.24, 2.45) is 0 Å². The Kier molecular flexibility index (Phi) is 10.3. The van der Waals surface area contributed by atoms with Crippen LogP contribution in [0.2, 0.25) is 10.0 Å². The fraction of sp³-hybridized carbons (Fsp3) is 0.440. The third-order valence-electron chi connectivity index (χ3n) is 5.18. The van der Waals surface area contributed by atoms with E-state index in [1.807, 2.05) is 38.1 Å². The first kappa shape index (κ1) is 26.0. The van der Waals surface area contributed by atoms with E-state index in [0.29, 0.717) is 34.7 Å². The number of hydrogen-bond donors (Lipinski definition) is 1. The lowest BCUT2D eigenvalue weighted by Gasteiger charge is -2.30. The van der Waals surface area contributed by atoms with Crippen LogP contribution in [0.25, 0.3) is 0 Å². The Hall–Kier alpha value is -2.24. The van der Waals surface area contributed by atoms with E-state index in [0.717, 1.165) is 12.0 Å². The van der Waals surface area contributed by atoms with Gasteiger partial charge >= 0.3 is 0 Å². The van der Waals surface area contributed by atoms with Crippen molar-refractivity contribution in [3.05, 3.63) is 63.6 Å². The normalized spacial score (nSPS) is 11.8. The van der Waals surface area contributed by atoms with Gasteiger partial charge in [0, 0.05) is 13.1 Å². The summed E-state index contributed by atoms with van der Waals surface area (Å²) in [6, 6.07) is 12.3. The third-order valence-corrected chi connectivity index (χ3v) is 5.92. The van der Waals surface area contributed by atoms with Crippen LogP contribution >= 0.6 is 23.2 Å². The fourth-order valence-corrected chi connectivity index (χ4v) is 3.62. The van der Waals surface area contributed by atoms with Crippen molar-refractivity contribution in [1.82, 2.24) is 10.2 Å². The second kappa shape index (κ2) is 12.7. The summed E-state index contributed by atoms with van der Waals surface area (Å²) in [6.45, 7) is 8.73. The molecule has 0 fully saturated rings. The topological polar surface area (TPSA) is 58.6 Å². The van der Waals surface area contributed by atoms with Gasteiger partial charge in [0.1, 0.15) is 11.8 Å². The Balaban J connectivity index is 2.19. The van der Waals surface area contributed by atoms with Gasteiger partial charge in [0.25, 0.3) is 5.91 Å². The molecule has 0 unspecified atom stereocenters. The molecular weight excluding hydrogens is 447 g/mol. The maximum atomic E-state index is 13.2. The average Bonchev–Trinajstić information content (AvgIpc) is 2.78. The van der Waals surface area contributed by atoms with Gasteiger partial charge in [-0.05, 0) is 54.2 Å². The number of benzene rings is 2. The number of amides is 2. The van der Waals surface area contributed by atoms with E-state index in [9.17, 15) is 9.59 Å². The summed E-state index contributed by atoms with van der Waals surface area (Å²) in [4.78, 5) is 27.5. The standard InChI is InChI=1S/C25H32Cl2N2O3/c1-5-13-28-25(31)23(6-2)29(15-18-7-12-21(26)22(27)14-18)24(30)16-32-20-10-8-19(9-11-20)17(3)4/h7-12,14,17,23H,5-6,13,15-16H2,1-4H3,(H,28,31)/t23-/m1/s1. The first-order valence-corrected chi connectivity index (χ1v) is 11.8. The molecule has 0 bridgehead atoms. The summed E-state index contributed by atoms with van der Waals surface area (Å²) in [5.74, 6) is 0.576. The second-order valence-corrected chi connectivity index (χ2v) is 8.81. The summed E-state index contributed by atoms with van der Waals surface area (Å²) in [6.07, 6.45) is 1.30. The summed E-state index contributed by atoms with van der Waals surface area (Å²) >= 11 is 12.2. The molecule has 7 heteroatoms. The van der Waals surface area contributed by atoms with Gasteiger partial charge in [-0.2, -0.15) is 0 Å². The lowest BCUT2D eigenvalue weighted by Crippen LogP contribution is -2.50. The van der Waals surface area contributed by atoms with Gasteiger partial charge < -0.3 is 15.0 Å². The van der Waals surface area contributed by atoms with Gasteiger partial charge in [-0.1, -0.05) is 69.1 Å². The van der Waals surface area contributed by atoms with Crippen LogP contribution in [0.1, 0.15) is 57.6 Å². The van der Waals surface area contributed by atoms with Crippen LogP contribution in [0.5, 0.6) is 5.75 Å². The zero-order valence-electron chi connectivity index (χ0n) is 19.2. The molecule has 2 aromatic carbocycles. The van der Waals surface area contributed by atoms with Crippen LogP contribution in [0.4, 0.5) is 0 Å². The first-order valence-electron chi connectivity index (χ1n) is 11.0. The van der Waals surface area contributed by atoms with Crippen molar-refractivity contribution in [2.45, 2.75) is 59.0 Å². The zero-order chi connectivity index (χ0) is 23.7. The molecule has 0 heterocycles. The highest BCUT2D eigenvalue weighted by Crippen LogP contribution is 2.24. The lowest BCUT2D eigenvalue weighted by molar-refractivity contribution is -0.143. The molecule has 0 saturated heterocycles. The summed E-state index contributed by atoms with van der Waals surface area (Å²) in [5.41, 5.74) is 1.99. The molecule has 2 rings (SSSR count). The van der Waals surface area contributed by atoms with Gasteiger partial charge in [0.2, 0.25) is 5.91 Å². The van der Waals surface area contributed by atoms with Crippen molar-refractivity contribution in [2.75, 3.05) is 13.2 Å². The Morgan fingerprint density at radius 3 is 2.28 bits per heavy atom. The Morgan fingerprint density at radius 2 is 1.72 bits per heavy atom. The van der Waals surface area contributed by atoms with E-state index < -0.39 is 6.04 Å². The number of halogens is 2. The van der Waals surface area contributed by atoms with Gasteiger partial charge in [-0.15, -0.1) is 0 Å². The number of carbonyl (C=O) groups is 2. The van der Waals surface area contributed by atoms with E-state index in [1.54, 1.807) is 23.1 Å². The van der Waals surface area contributed by atoms with Gasteiger partial charge in [-0.25, -0.2) is 0 Å². The SMILES string of the molecule is CCCNC(=O)[C@@H](CC)N(Cc1ccc(Cl)c(Cl)c1)C(=O)COc1ccc(C(C)C)cc1. The number of nitrogens with one attached hydrogen (secondary N) is 1. The third kappa shape index (κ3) is 7.42. The molecule has 32 heavy (non-hydrogen) atoms. The molecular formula is C25H32Cl2N2O3. The van der Waals surface area contributed by atoms with Gasteiger partial charge in [0.05, 0.1) is 10.0 Å². The minimum atomic E-state index is -0.615. The maximum Gasteiger partial charge on any atom is 0.261 e. The molecule has 2 amide bonds. The predicted octanol–water partition coefficient (Wildman–Crippen LogP) is 5.83. The molecule has 0 aliphatic heterocycles. The number of carbonyl (C=O) groups excluding carboxylic acids is 2. The molecule has 1 N–H and O–H groups in total. The van der Waals surface area contributed by atoms with Crippen molar-refractivity contribution >= 4 is 35.0 Å². The number of nitrogens with zero attached hydrogens (tertiary/aromatic N) is 1. The van der Waals surface area contributed by atoms with Crippen LogP contribution in [-0.4, -0.2) is 35.9 Å². The number of rotatable bonds is 11. The van der Waals surface area contributed by atoms with E-state index in [1.165, 1.54) is 5.56 Å². The molecule has 1 atom stereocenters. The van der Waals surface area contributed by atoms with Crippen molar-refractivity contribution in [3.63, 3.8) is 0 Å². The molecule has 0 aliphatic rings. The largest absolute Gasteiger partial charge is 0.484 e. The highest BCUT2D eigenvalue weighted by Gasteiger charge is 2.29. The average molecular weight is 479 g/mol. The molecule has 2 aromatic rings. The van der Waals surface area contributed by atoms with Crippen LogP contribution in [0.3, 0.4) is 0 Å². The van der Waals surface area contributed by atoms with Gasteiger partial charge in [0.15, 0.2) is 6.61 Å². The smallest absolute Gasteiger partial charge is 0.261 e. The monoisotopic (exact) mass is 478 g/mol. The number of hydrogen-bond acceptors (Lipinski definition) is 3. The molecule has 0 spiro atoms. The van der Waals surface area contributed by atoms with E-state index in [2.05, 4.69) is 19.2 Å². The van der Waals surface area contributed by atoms with Crippen LogP contribution in [-0.2, 0) is 16.1 Å². The van der Waals surface area contributed by atoms with E-state index >= 15 is 0 Å². The lowest BCUT2D eigenvalue weighted by atomic mass is 10.0. The highest BCUT2D eigenvalue weighted by molar-refractivity contribution is 6.42. The van der Waals surface area contributed by atoms with Crippen LogP contribution in [0.15, 0.2) is 42.5 Å². The van der Waals surface area contributed by atoms with Crippen molar-refractivity contribution in [1.29, 1.82) is 0 Å². The molecule has 0 aromatic heterocycles. The minimum Gasteiger partial charge on any atom is -0.484 e. The minimum absolute atomic E-state index is 0.167.